The minimum atomic E-state index is -1.29. The molecule has 4 heteroatoms. The van der Waals surface area contributed by atoms with Crippen molar-refractivity contribution < 1.29 is 19.8 Å². The largest absolute Gasteiger partial charge is 0.481 e. The monoisotopic (exact) mass is 404 g/mol. The summed E-state index contributed by atoms with van der Waals surface area (Å²) in [6.07, 6.45) is 10.8. The Labute approximate surface area is 176 Å². The van der Waals surface area contributed by atoms with Crippen LogP contribution in [-0.2, 0) is 9.59 Å². The van der Waals surface area contributed by atoms with E-state index in [1.54, 1.807) is 0 Å². The van der Waals surface area contributed by atoms with Crippen molar-refractivity contribution in [2.24, 2.45) is 22.7 Å². The summed E-state index contributed by atoms with van der Waals surface area (Å²) in [4.78, 5) is 24.9. The minimum absolute atomic E-state index is 0.270. The Kier molecular flexibility index (Phi) is 8.92. The molecule has 4 nitrogen and oxygen atoms in total. The van der Waals surface area contributed by atoms with Gasteiger partial charge in [0, 0.05) is 0 Å². The predicted octanol–water partition coefficient (Wildman–Crippen LogP) is 6.63. The molecule has 1 aliphatic rings. The van der Waals surface area contributed by atoms with Gasteiger partial charge in [-0.25, -0.2) is 0 Å². The Hall–Kier alpha value is -1.84. The van der Waals surface area contributed by atoms with Gasteiger partial charge in [0.2, 0.25) is 0 Å². The van der Waals surface area contributed by atoms with Crippen molar-refractivity contribution in [1.82, 2.24) is 0 Å². The molecule has 0 aromatic rings. The highest BCUT2D eigenvalue weighted by Gasteiger charge is 2.65. The number of hydrogen-bond donors (Lipinski definition) is 2. The van der Waals surface area contributed by atoms with Gasteiger partial charge in [0.05, 0.1) is 10.8 Å². The maximum Gasteiger partial charge on any atom is 0.311 e. The molecule has 0 saturated carbocycles. The molecule has 164 valence electrons. The molecule has 0 aliphatic heterocycles. The van der Waals surface area contributed by atoms with Crippen molar-refractivity contribution in [3.63, 3.8) is 0 Å². The minimum Gasteiger partial charge on any atom is -0.481 e. The molecule has 1 aliphatic carbocycles. The molecule has 0 amide bonds. The van der Waals surface area contributed by atoms with Gasteiger partial charge in [0.15, 0.2) is 0 Å². The smallest absolute Gasteiger partial charge is 0.311 e. The molecule has 1 rings (SSSR count). The first kappa shape index (κ1) is 25.2. The molecular weight excluding hydrogens is 364 g/mol. The van der Waals surface area contributed by atoms with Crippen molar-refractivity contribution in [1.29, 1.82) is 0 Å². The van der Waals surface area contributed by atoms with E-state index in [1.165, 1.54) is 11.1 Å². The number of rotatable bonds is 10. The third-order valence-electron chi connectivity index (χ3n) is 6.80. The quantitative estimate of drug-likeness (QED) is 0.401. The lowest BCUT2D eigenvalue weighted by Crippen LogP contribution is -2.59. The summed E-state index contributed by atoms with van der Waals surface area (Å²) >= 11 is 0. The van der Waals surface area contributed by atoms with E-state index in [4.69, 9.17) is 0 Å². The van der Waals surface area contributed by atoms with Gasteiger partial charge in [-0.2, -0.15) is 0 Å². The normalized spacial score (nSPS) is 25.1. The summed E-state index contributed by atoms with van der Waals surface area (Å²) in [7, 11) is 0. The van der Waals surface area contributed by atoms with Crippen LogP contribution in [0.4, 0.5) is 0 Å². The molecule has 2 atom stereocenters. The van der Waals surface area contributed by atoms with Gasteiger partial charge in [0.25, 0.3) is 0 Å². The topological polar surface area (TPSA) is 74.6 Å². The fraction of sp³-hybridized carbons (Fsp3) is 0.680. The van der Waals surface area contributed by atoms with Crippen molar-refractivity contribution in [2.75, 3.05) is 0 Å². The molecule has 0 aromatic carbocycles. The fourth-order valence-electron chi connectivity index (χ4n) is 4.97. The molecular formula is C25H40O4. The number of carboxylic acid groups (broad SMARTS) is 2. The highest BCUT2D eigenvalue weighted by molar-refractivity contribution is 5.88. The van der Waals surface area contributed by atoms with Crippen LogP contribution in [0.15, 0.2) is 34.9 Å². The molecule has 2 unspecified atom stereocenters. The molecule has 0 saturated heterocycles. The standard InChI is InChI=1S/C25H40O4/c1-17(2)10-8-11-20(7)12-9-13-21-14-15-24(18(3)4,22(26)27)25(16-21,19(5)6)23(28)29/h10,12,14,18-19H,8-9,11,13,15-16H2,1-7H3,(H,26,27)(H,28,29). The van der Waals surface area contributed by atoms with Crippen molar-refractivity contribution in [2.45, 2.75) is 87.0 Å². The highest BCUT2D eigenvalue weighted by atomic mass is 16.4. The van der Waals surface area contributed by atoms with Crippen LogP contribution < -0.4 is 0 Å². The molecule has 0 bridgehead atoms. The SMILES string of the molecule is CC(C)=CCCC(C)=CCCC1=CCC(C(=O)O)(C(C)C)C(C(=O)O)(C(C)C)C1. The maximum absolute atomic E-state index is 12.5. The van der Waals surface area contributed by atoms with Gasteiger partial charge < -0.3 is 10.2 Å². The van der Waals surface area contributed by atoms with Gasteiger partial charge in [-0.15, -0.1) is 0 Å². The molecule has 0 aromatic heterocycles. The molecule has 0 radical (unpaired) electrons. The second-order valence-corrected chi connectivity index (χ2v) is 9.51. The lowest BCUT2D eigenvalue weighted by molar-refractivity contribution is -0.186. The first-order valence-corrected chi connectivity index (χ1v) is 10.9. The van der Waals surface area contributed by atoms with Gasteiger partial charge in [-0.1, -0.05) is 62.6 Å². The highest BCUT2D eigenvalue weighted by Crippen LogP contribution is 2.59. The van der Waals surface area contributed by atoms with E-state index in [-0.39, 0.29) is 18.3 Å². The van der Waals surface area contributed by atoms with Crippen LogP contribution in [0.2, 0.25) is 0 Å². The van der Waals surface area contributed by atoms with Crippen LogP contribution in [0.1, 0.15) is 87.0 Å². The van der Waals surface area contributed by atoms with E-state index in [9.17, 15) is 19.8 Å². The summed E-state index contributed by atoms with van der Waals surface area (Å²) in [5.41, 5.74) is 1.17. The van der Waals surface area contributed by atoms with Gasteiger partial charge in [-0.3, -0.25) is 9.59 Å². The van der Waals surface area contributed by atoms with Crippen LogP contribution in [0, 0.1) is 22.7 Å². The zero-order valence-corrected chi connectivity index (χ0v) is 19.3. The van der Waals surface area contributed by atoms with E-state index < -0.39 is 22.8 Å². The van der Waals surface area contributed by atoms with Gasteiger partial charge in [0.1, 0.15) is 0 Å². The van der Waals surface area contributed by atoms with Crippen LogP contribution >= 0.6 is 0 Å². The first-order valence-electron chi connectivity index (χ1n) is 10.9. The summed E-state index contributed by atoms with van der Waals surface area (Å²) in [5, 5.41) is 20.4. The number of carbonyl (C=O) groups is 2. The average molecular weight is 405 g/mol. The Morgan fingerprint density at radius 3 is 1.97 bits per heavy atom. The first-order chi connectivity index (χ1) is 13.4. The number of hydrogen-bond acceptors (Lipinski definition) is 2. The lowest BCUT2D eigenvalue weighted by Gasteiger charge is -2.52. The summed E-state index contributed by atoms with van der Waals surface area (Å²) in [6.45, 7) is 13.7. The van der Waals surface area contributed by atoms with Crippen LogP contribution in [0.5, 0.6) is 0 Å². The third-order valence-corrected chi connectivity index (χ3v) is 6.80. The van der Waals surface area contributed by atoms with Gasteiger partial charge in [-0.05, 0) is 71.1 Å². The Morgan fingerprint density at radius 1 is 0.966 bits per heavy atom. The third kappa shape index (κ3) is 5.21. The van der Waals surface area contributed by atoms with E-state index in [0.29, 0.717) is 6.42 Å². The number of aliphatic carboxylic acids is 2. The van der Waals surface area contributed by atoms with Gasteiger partial charge >= 0.3 is 11.9 Å². The van der Waals surface area contributed by atoms with E-state index in [0.717, 1.165) is 31.3 Å². The van der Waals surface area contributed by atoms with E-state index in [2.05, 4.69) is 32.9 Å². The second kappa shape index (κ2) is 10.3. The molecule has 0 spiro atoms. The summed E-state index contributed by atoms with van der Waals surface area (Å²) < 4.78 is 0. The second-order valence-electron chi connectivity index (χ2n) is 9.51. The van der Waals surface area contributed by atoms with E-state index in [1.807, 2.05) is 33.8 Å². The summed E-state index contributed by atoms with van der Waals surface area (Å²) in [5.74, 6) is -2.52. The van der Waals surface area contributed by atoms with Crippen molar-refractivity contribution >= 4 is 11.9 Å². The van der Waals surface area contributed by atoms with Crippen LogP contribution in [0.25, 0.3) is 0 Å². The zero-order chi connectivity index (χ0) is 22.4. The van der Waals surface area contributed by atoms with E-state index >= 15 is 0 Å². The van der Waals surface area contributed by atoms with Crippen molar-refractivity contribution in [3.05, 3.63) is 34.9 Å². The number of carboxylic acids is 2. The lowest BCUT2D eigenvalue weighted by atomic mass is 9.48. The fourth-order valence-corrected chi connectivity index (χ4v) is 4.97. The van der Waals surface area contributed by atoms with Crippen molar-refractivity contribution in [3.8, 4) is 0 Å². The Bertz CT molecular complexity index is 692. The molecule has 29 heavy (non-hydrogen) atoms. The molecule has 0 heterocycles. The number of allylic oxidation sites excluding steroid dienone is 6. The van der Waals surface area contributed by atoms with Crippen LogP contribution in [0.3, 0.4) is 0 Å². The maximum atomic E-state index is 12.5. The zero-order valence-electron chi connectivity index (χ0n) is 19.3. The van der Waals surface area contributed by atoms with Crippen LogP contribution in [-0.4, -0.2) is 22.2 Å². The Morgan fingerprint density at radius 2 is 1.52 bits per heavy atom. The average Bonchev–Trinajstić information content (AvgIpc) is 2.60. The molecule has 0 fully saturated rings. The summed E-state index contributed by atoms with van der Waals surface area (Å²) in [6, 6.07) is 0. The Balaban J connectivity index is 3.08. The predicted molar refractivity (Wildman–Crippen MR) is 119 cm³/mol. The molecule has 2 N–H and O–H groups in total.